The van der Waals surface area contributed by atoms with Gasteiger partial charge in [-0.1, -0.05) is 59.1 Å². The Morgan fingerprint density at radius 2 is 1.38 bits per heavy atom. The van der Waals surface area contributed by atoms with E-state index >= 15 is 0 Å². The normalized spacial score (nSPS) is 14.0. The van der Waals surface area contributed by atoms with Crippen LogP contribution in [0.2, 0.25) is 0 Å². The van der Waals surface area contributed by atoms with E-state index in [2.05, 4.69) is 0 Å². The van der Waals surface area contributed by atoms with Gasteiger partial charge in [-0.2, -0.15) is 0 Å². The lowest BCUT2D eigenvalue weighted by Gasteiger charge is -2.32. The maximum atomic E-state index is 6.62. The molecule has 3 nitrogen and oxygen atoms in total. The van der Waals surface area contributed by atoms with Crippen molar-refractivity contribution < 1.29 is 13.3 Å². The predicted octanol–water partition coefficient (Wildman–Crippen LogP) is 5.64. The van der Waals surface area contributed by atoms with Crippen LogP contribution >= 0.6 is 46.4 Å². The molecule has 0 saturated carbocycles. The van der Waals surface area contributed by atoms with Gasteiger partial charge in [0, 0.05) is 25.4 Å². The summed E-state index contributed by atoms with van der Waals surface area (Å²) < 4.78 is 16.1. The minimum atomic E-state index is -2.89. The number of benzene rings is 1. The summed E-state index contributed by atoms with van der Waals surface area (Å²) in [6, 6.07) is 7.49. The third-order valence-corrected chi connectivity index (χ3v) is 8.19. The molecule has 1 atom stereocenters. The quantitative estimate of drug-likeness (QED) is 0.352. The van der Waals surface area contributed by atoms with Gasteiger partial charge in [0.25, 0.3) is 0 Å². The van der Waals surface area contributed by atoms with Crippen LogP contribution in [-0.4, -0.2) is 33.6 Å². The van der Waals surface area contributed by atoms with Crippen molar-refractivity contribution in [3.05, 3.63) is 35.4 Å². The summed E-state index contributed by atoms with van der Waals surface area (Å²) in [7, 11) is -2.89. The topological polar surface area (TPSA) is 27.7 Å². The molecular weight excluding hydrogens is 410 g/mol. The van der Waals surface area contributed by atoms with Crippen molar-refractivity contribution >= 4 is 55.2 Å². The fourth-order valence-corrected chi connectivity index (χ4v) is 5.88. The lowest BCUT2D eigenvalue weighted by molar-refractivity contribution is 0.0682. The van der Waals surface area contributed by atoms with E-state index in [4.69, 9.17) is 59.7 Å². The molecule has 1 unspecified atom stereocenters. The third kappa shape index (κ3) is 6.65. The van der Waals surface area contributed by atoms with E-state index in [1.165, 1.54) is 0 Å². The van der Waals surface area contributed by atoms with Gasteiger partial charge in [0.1, 0.15) is 5.00 Å². The number of rotatable bonds is 10. The molecule has 1 aromatic carbocycles. The fraction of sp³-hybridized carbons (Fsp3) is 0.625. The zero-order valence-corrected chi connectivity index (χ0v) is 18.2. The van der Waals surface area contributed by atoms with Gasteiger partial charge in [0.15, 0.2) is 0 Å². The first-order valence-electron chi connectivity index (χ1n) is 8.01. The number of alkyl halides is 4. The number of aryl methyl sites for hydroxylation is 1. The van der Waals surface area contributed by atoms with E-state index in [1.807, 2.05) is 45.0 Å². The number of halogens is 4. The van der Waals surface area contributed by atoms with Crippen LogP contribution in [0.4, 0.5) is 0 Å². The number of hydrogen-bond acceptors (Lipinski definition) is 3. The van der Waals surface area contributed by atoms with Crippen molar-refractivity contribution in [3.63, 3.8) is 0 Å². The molecule has 24 heavy (non-hydrogen) atoms. The Bertz CT molecular complexity index is 462. The highest BCUT2D eigenvalue weighted by atomic mass is 35.6. The first-order valence-corrected chi connectivity index (χ1v) is 11.4. The molecule has 0 spiro atoms. The largest absolute Gasteiger partial charge is 0.519 e. The maximum Gasteiger partial charge on any atom is 0.519 e. The van der Waals surface area contributed by atoms with Crippen molar-refractivity contribution in [3.8, 4) is 0 Å². The van der Waals surface area contributed by atoms with Crippen LogP contribution in [0.25, 0.3) is 0 Å². The molecule has 0 aliphatic heterocycles. The average Bonchev–Trinajstić information content (AvgIpc) is 2.52. The smallest absolute Gasteiger partial charge is 0.373 e. The Balaban J connectivity index is 2.75. The van der Waals surface area contributed by atoms with Gasteiger partial charge < -0.3 is 13.3 Å². The molecule has 0 saturated heterocycles. The Hall–Kier alpha value is 0.477. The molecular formula is C16H24Cl4O3Si. The van der Waals surface area contributed by atoms with E-state index in [-0.39, 0.29) is 5.00 Å². The van der Waals surface area contributed by atoms with Crippen LogP contribution in [0.15, 0.2) is 24.3 Å². The highest BCUT2D eigenvalue weighted by Gasteiger charge is 2.48. The van der Waals surface area contributed by atoms with Gasteiger partial charge in [0.2, 0.25) is 3.79 Å². The van der Waals surface area contributed by atoms with Crippen molar-refractivity contribution in [2.24, 2.45) is 0 Å². The van der Waals surface area contributed by atoms with Crippen LogP contribution in [0.3, 0.4) is 0 Å². The molecule has 8 heteroatoms. The van der Waals surface area contributed by atoms with Gasteiger partial charge in [-0.15, -0.1) is 11.6 Å². The molecule has 0 aliphatic rings. The van der Waals surface area contributed by atoms with E-state index in [9.17, 15) is 0 Å². The van der Waals surface area contributed by atoms with Crippen LogP contribution in [0.1, 0.15) is 38.3 Å². The summed E-state index contributed by atoms with van der Waals surface area (Å²) in [4.78, 5) is 0. The summed E-state index contributed by atoms with van der Waals surface area (Å²) >= 11 is 24.2. The molecule has 0 heterocycles. The second kappa shape index (κ2) is 10.6. The van der Waals surface area contributed by atoms with Crippen molar-refractivity contribution in [2.75, 3.05) is 19.8 Å². The second-order valence-electron chi connectivity index (χ2n) is 5.10. The maximum absolute atomic E-state index is 6.62. The van der Waals surface area contributed by atoms with Crippen LogP contribution in [-0.2, 0) is 23.5 Å². The molecule has 0 radical (unpaired) electrons. The lowest BCUT2D eigenvalue weighted by Crippen LogP contribution is -2.54. The first-order chi connectivity index (χ1) is 11.3. The highest BCUT2D eigenvalue weighted by Crippen LogP contribution is 2.38. The number of hydrogen-bond donors (Lipinski definition) is 0. The molecule has 1 rings (SSSR count). The molecule has 0 N–H and O–H groups in total. The van der Waals surface area contributed by atoms with Crippen molar-refractivity contribution in [1.82, 2.24) is 0 Å². The monoisotopic (exact) mass is 432 g/mol. The van der Waals surface area contributed by atoms with E-state index in [1.54, 1.807) is 0 Å². The molecule has 1 aromatic rings. The van der Waals surface area contributed by atoms with E-state index in [0.29, 0.717) is 31.8 Å². The van der Waals surface area contributed by atoms with Crippen molar-refractivity contribution in [2.45, 2.75) is 42.4 Å². The summed E-state index contributed by atoms with van der Waals surface area (Å²) in [6.07, 6.45) is 1.44. The Morgan fingerprint density at radius 3 is 1.75 bits per heavy atom. The average molecular weight is 434 g/mol. The fourth-order valence-electron chi connectivity index (χ4n) is 2.33. The van der Waals surface area contributed by atoms with Gasteiger partial charge in [-0.3, -0.25) is 0 Å². The molecule has 0 aliphatic carbocycles. The third-order valence-electron chi connectivity index (χ3n) is 3.39. The first kappa shape index (κ1) is 22.5. The zero-order chi connectivity index (χ0) is 18.2. The van der Waals surface area contributed by atoms with E-state index in [0.717, 1.165) is 12.0 Å². The van der Waals surface area contributed by atoms with Gasteiger partial charge in [-0.05, 0) is 39.2 Å². The Kier molecular flexibility index (Phi) is 9.93. The molecule has 138 valence electrons. The summed E-state index contributed by atoms with van der Waals surface area (Å²) in [5.74, 6) is 0. The van der Waals surface area contributed by atoms with Gasteiger partial charge in [-0.25, -0.2) is 0 Å². The second-order valence-corrected chi connectivity index (χ2v) is 11.0. The summed E-state index contributed by atoms with van der Waals surface area (Å²) in [5.41, 5.74) is 1.74. The molecule has 0 amide bonds. The Morgan fingerprint density at radius 1 is 0.917 bits per heavy atom. The SMILES string of the molecule is CCO[Si](OCC)(OCC)C(Cl)CCc1ccc(C(Cl)(Cl)Cl)cc1. The van der Waals surface area contributed by atoms with Crippen LogP contribution in [0.5, 0.6) is 0 Å². The summed E-state index contributed by atoms with van der Waals surface area (Å²) in [5, 5.41) is -0.315. The van der Waals surface area contributed by atoms with Crippen LogP contribution < -0.4 is 0 Å². The molecule has 0 bridgehead atoms. The minimum absolute atomic E-state index is 0.315. The van der Waals surface area contributed by atoms with Gasteiger partial charge >= 0.3 is 8.80 Å². The standard InChI is InChI=1S/C16H24Cl4O3Si/c1-4-21-24(22-5-2,23-6-3)15(17)12-9-13-7-10-14(11-8-13)16(18,19)20/h7-8,10-11,15H,4-6,9,12H2,1-3H3. The lowest BCUT2D eigenvalue weighted by atomic mass is 10.1. The van der Waals surface area contributed by atoms with Crippen molar-refractivity contribution in [1.29, 1.82) is 0 Å². The summed E-state index contributed by atoms with van der Waals surface area (Å²) in [6.45, 7) is 7.27. The Labute approximate surface area is 165 Å². The highest BCUT2D eigenvalue weighted by molar-refractivity contribution is 6.71. The molecule has 0 aromatic heterocycles. The van der Waals surface area contributed by atoms with Crippen LogP contribution in [0, 0.1) is 0 Å². The predicted molar refractivity (Wildman–Crippen MR) is 104 cm³/mol. The van der Waals surface area contributed by atoms with Gasteiger partial charge in [0.05, 0.1) is 0 Å². The minimum Gasteiger partial charge on any atom is -0.373 e. The zero-order valence-electron chi connectivity index (χ0n) is 14.2. The molecule has 0 fully saturated rings. The van der Waals surface area contributed by atoms with E-state index < -0.39 is 12.6 Å².